The molecule has 5 nitrogen and oxygen atoms in total. The molecule has 128 valence electrons. The molecule has 0 radical (unpaired) electrons. The van der Waals surface area contributed by atoms with E-state index >= 15 is 0 Å². The molecule has 1 aliphatic rings. The summed E-state index contributed by atoms with van der Waals surface area (Å²) in [5.41, 5.74) is 0.841. The molecule has 0 saturated carbocycles. The van der Waals surface area contributed by atoms with Crippen molar-refractivity contribution in [3.8, 4) is 0 Å². The van der Waals surface area contributed by atoms with Crippen molar-refractivity contribution in [1.29, 1.82) is 0 Å². The zero-order valence-electron chi connectivity index (χ0n) is 14.2. The fraction of sp³-hybridized carbons (Fsp3) is 0.474. The van der Waals surface area contributed by atoms with Crippen LogP contribution in [0.3, 0.4) is 0 Å². The molecule has 0 spiro atoms. The summed E-state index contributed by atoms with van der Waals surface area (Å²) in [6.07, 6.45) is 1.93. The third kappa shape index (κ3) is 3.30. The number of piperidine rings is 1. The summed E-state index contributed by atoms with van der Waals surface area (Å²) in [4.78, 5) is 26.2. The molecule has 1 N–H and O–H groups in total. The third-order valence-corrected chi connectivity index (χ3v) is 4.69. The second-order valence-electron chi connectivity index (χ2n) is 6.43. The van der Waals surface area contributed by atoms with Crippen LogP contribution in [0.1, 0.15) is 44.9 Å². The number of hydrogen-bond acceptors (Lipinski definition) is 3. The number of para-hydroxylation sites is 1. The third-order valence-electron chi connectivity index (χ3n) is 4.69. The first-order valence-electron chi connectivity index (χ1n) is 8.65. The lowest BCUT2D eigenvalue weighted by atomic mass is 9.96. The molecule has 1 aromatic carbocycles. The van der Waals surface area contributed by atoms with E-state index < -0.39 is 0 Å². The van der Waals surface area contributed by atoms with Crippen LogP contribution in [0.15, 0.2) is 34.7 Å². The van der Waals surface area contributed by atoms with Gasteiger partial charge in [-0.3, -0.25) is 9.59 Å². The molecule has 2 atom stereocenters. The van der Waals surface area contributed by atoms with Gasteiger partial charge < -0.3 is 14.6 Å². The van der Waals surface area contributed by atoms with Crippen LogP contribution in [0.4, 0.5) is 0 Å². The fourth-order valence-electron chi connectivity index (χ4n) is 3.28. The fourth-order valence-corrected chi connectivity index (χ4v) is 3.28. The van der Waals surface area contributed by atoms with Crippen molar-refractivity contribution in [3.63, 3.8) is 0 Å². The molecule has 0 bridgehead atoms. The Morgan fingerprint density at radius 2 is 2.21 bits per heavy atom. The van der Waals surface area contributed by atoms with Crippen LogP contribution in [0.5, 0.6) is 0 Å². The number of nitrogens with zero attached hydrogens (tertiary/aromatic N) is 1. The van der Waals surface area contributed by atoms with Crippen molar-refractivity contribution in [2.75, 3.05) is 13.1 Å². The number of hydrogen-bond donors (Lipinski definition) is 1. The van der Waals surface area contributed by atoms with Gasteiger partial charge in [0.25, 0.3) is 0 Å². The molecule has 2 unspecified atom stereocenters. The predicted octanol–water partition coefficient (Wildman–Crippen LogP) is 3.26. The minimum atomic E-state index is -0.138. The molecule has 2 aromatic rings. The van der Waals surface area contributed by atoms with E-state index in [1.54, 1.807) is 0 Å². The highest BCUT2D eigenvalue weighted by molar-refractivity contribution is 5.84. The maximum Gasteiger partial charge on any atom is 0.228 e. The van der Waals surface area contributed by atoms with Crippen molar-refractivity contribution in [2.45, 2.75) is 39.2 Å². The first kappa shape index (κ1) is 16.6. The van der Waals surface area contributed by atoms with E-state index in [2.05, 4.69) is 12.2 Å². The maximum absolute atomic E-state index is 13.0. The number of furan rings is 1. The van der Waals surface area contributed by atoms with Crippen LogP contribution in [0, 0.1) is 5.92 Å². The van der Waals surface area contributed by atoms with Crippen molar-refractivity contribution in [2.24, 2.45) is 5.92 Å². The first-order chi connectivity index (χ1) is 11.6. The maximum atomic E-state index is 13.0. The normalized spacial score (nSPS) is 19.1. The largest absolute Gasteiger partial charge is 0.459 e. The van der Waals surface area contributed by atoms with Crippen LogP contribution >= 0.6 is 0 Å². The zero-order valence-corrected chi connectivity index (χ0v) is 14.2. The summed E-state index contributed by atoms with van der Waals surface area (Å²) in [7, 11) is 0. The Balaban J connectivity index is 1.80. The number of rotatable bonds is 5. The lowest BCUT2D eigenvalue weighted by Crippen LogP contribution is -2.45. The van der Waals surface area contributed by atoms with Gasteiger partial charge in [-0.15, -0.1) is 0 Å². The Morgan fingerprint density at radius 3 is 2.88 bits per heavy atom. The second-order valence-corrected chi connectivity index (χ2v) is 6.43. The highest BCUT2D eigenvalue weighted by atomic mass is 16.3. The second kappa shape index (κ2) is 7.07. The van der Waals surface area contributed by atoms with Crippen LogP contribution in [-0.2, 0) is 9.59 Å². The van der Waals surface area contributed by atoms with Gasteiger partial charge in [0.05, 0.1) is 12.0 Å². The molecule has 2 amide bonds. The standard InChI is InChI=1S/C19H24N2O3/c1-3-10-21(19(23)15-8-9-18(22)20-12-15)13(2)17-11-14-6-4-5-7-16(14)24-17/h4-7,11,13,15H,3,8-10,12H2,1-2H3,(H,20,22). The Kier molecular flexibility index (Phi) is 4.88. The summed E-state index contributed by atoms with van der Waals surface area (Å²) >= 11 is 0. The van der Waals surface area contributed by atoms with Crippen LogP contribution < -0.4 is 5.32 Å². The average Bonchev–Trinajstić information content (AvgIpc) is 3.03. The smallest absolute Gasteiger partial charge is 0.228 e. The SMILES string of the molecule is CCCN(C(=O)C1CCC(=O)NC1)C(C)c1cc2ccccc2o1. The van der Waals surface area contributed by atoms with Gasteiger partial charge >= 0.3 is 0 Å². The molecule has 3 rings (SSSR count). The quantitative estimate of drug-likeness (QED) is 0.916. The molecular formula is C19H24N2O3. The van der Waals surface area contributed by atoms with E-state index in [-0.39, 0.29) is 23.8 Å². The minimum absolute atomic E-state index is 0.0337. The number of nitrogens with one attached hydrogen (secondary N) is 1. The van der Waals surface area contributed by atoms with Crippen molar-refractivity contribution in [1.82, 2.24) is 10.2 Å². The Bertz CT molecular complexity index is 694. The van der Waals surface area contributed by atoms with Gasteiger partial charge in [0, 0.05) is 24.9 Å². The van der Waals surface area contributed by atoms with Gasteiger partial charge in [0.1, 0.15) is 11.3 Å². The van der Waals surface area contributed by atoms with Gasteiger partial charge in [0.15, 0.2) is 0 Å². The summed E-state index contributed by atoms with van der Waals surface area (Å²) in [5, 5.41) is 3.85. The minimum Gasteiger partial charge on any atom is -0.459 e. The van der Waals surface area contributed by atoms with Crippen molar-refractivity contribution < 1.29 is 14.0 Å². The molecule has 0 aliphatic carbocycles. The van der Waals surface area contributed by atoms with Crippen molar-refractivity contribution >= 4 is 22.8 Å². The van der Waals surface area contributed by atoms with Gasteiger partial charge in [-0.25, -0.2) is 0 Å². The number of fused-ring (bicyclic) bond motifs is 1. The Morgan fingerprint density at radius 1 is 1.42 bits per heavy atom. The first-order valence-corrected chi connectivity index (χ1v) is 8.65. The molecule has 5 heteroatoms. The molecule has 1 aliphatic heterocycles. The molecular weight excluding hydrogens is 304 g/mol. The van der Waals surface area contributed by atoms with Gasteiger partial charge in [0.2, 0.25) is 11.8 Å². The molecule has 1 saturated heterocycles. The average molecular weight is 328 g/mol. The van der Waals surface area contributed by atoms with Gasteiger partial charge in [-0.05, 0) is 31.9 Å². The summed E-state index contributed by atoms with van der Waals surface area (Å²) < 4.78 is 5.95. The van der Waals surface area contributed by atoms with E-state index in [1.807, 2.05) is 42.2 Å². The Labute approximate surface area is 142 Å². The lowest BCUT2D eigenvalue weighted by Gasteiger charge is -2.32. The predicted molar refractivity (Wildman–Crippen MR) is 92.4 cm³/mol. The summed E-state index contributed by atoms with van der Waals surface area (Å²) in [6, 6.07) is 9.76. The summed E-state index contributed by atoms with van der Waals surface area (Å²) in [6.45, 7) is 5.19. The summed E-state index contributed by atoms with van der Waals surface area (Å²) in [5.74, 6) is 0.801. The van der Waals surface area contributed by atoms with Gasteiger partial charge in [-0.1, -0.05) is 25.1 Å². The monoisotopic (exact) mass is 328 g/mol. The van der Waals surface area contributed by atoms with Crippen LogP contribution in [0.25, 0.3) is 11.0 Å². The number of carbonyl (C=O) groups excluding carboxylic acids is 2. The molecule has 1 fully saturated rings. The van der Waals surface area contributed by atoms with E-state index in [0.717, 1.165) is 23.2 Å². The topological polar surface area (TPSA) is 62.6 Å². The van der Waals surface area contributed by atoms with E-state index in [9.17, 15) is 9.59 Å². The zero-order chi connectivity index (χ0) is 17.1. The highest BCUT2D eigenvalue weighted by Crippen LogP contribution is 2.29. The van der Waals surface area contributed by atoms with Gasteiger partial charge in [-0.2, -0.15) is 0 Å². The lowest BCUT2D eigenvalue weighted by molar-refractivity contribution is -0.140. The van der Waals surface area contributed by atoms with Crippen LogP contribution in [0.2, 0.25) is 0 Å². The molecule has 2 heterocycles. The number of benzene rings is 1. The highest BCUT2D eigenvalue weighted by Gasteiger charge is 2.31. The van der Waals surface area contributed by atoms with Crippen molar-refractivity contribution in [3.05, 3.63) is 36.1 Å². The number of carbonyl (C=O) groups is 2. The van der Waals surface area contributed by atoms with E-state index in [4.69, 9.17) is 4.42 Å². The number of amides is 2. The van der Waals surface area contributed by atoms with Crippen LogP contribution in [-0.4, -0.2) is 29.8 Å². The van der Waals surface area contributed by atoms with E-state index in [1.165, 1.54) is 0 Å². The Hall–Kier alpha value is -2.30. The molecule has 1 aromatic heterocycles. The molecule has 24 heavy (non-hydrogen) atoms. The van der Waals surface area contributed by atoms with E-state index in [0.29, 0.717) is 25.9 Å².